The van der Waals surface area contributed by atoms with Crippen molar-refractivity contribution in [3.8, 4) is 11.3 Å². The minimum absolute atomic E-state index is 0.0656. The maximum atomic E-state index is 12.8. The van der Waals surface area contributed by atoms with Gasteiger partial charge in [0.05, 0.1) is 17.7 Å². The zero-order valence-electron chi connectivity index (χ0n) is 18.5. The zero-order valence-corrected chi connectivity index (χ0v) is 18.5. The molecule has 0 spiro atoms. The number of benzene rings is 1. The number of aryl methyl sites for hydroxylation is 1. The number of rotatable bonds is 6. The lowest BCUT2D eigenvalue weighted by molar-refractivity contribution is -0.145. The minimum Gasteiger partial charge on any atom is -0.481 e. The molecule has 1 N–H and O–H groups in total. The van der Waals surface area contributed by atoms with Gasteiger partial charge in [0.2, 0.25) is 5.91 Å². The Labute approximate surface area is 189 Å². The summed E-state index contributed by atoms with van der Waals surface area (Å²) in [5.41, 5.74) is 3.46. The van der Waals surface area contributed by atoms with Crippen LogP contribution in [0.3, 0.4) is 0 Å². The van der Waals surface area contributed by atoms with Crippen LogP contribution in [0.2, 0.25) is 0 Å². The van der Waals surface area contributed by atoms with E-state index in [0.29, 0.717) is 32.6 Å². The molecule has 2 aliphatic heterocycles. The van der Waals surface area contributed by atoms with Crippen LogP contribution in [0.5, 0.6) is 0 Å². The number of amides is 1. The van der Waals surface area contributed by atoms with E-state index >= 15 is 0 Å². The number of carboxylic acid groups (broad SMARTS) is 1. The molecule has 1 aromatic carbocycles. The van der Waals surface area contributed by atoms with Gasteiger partial charge in [-0.05, 0) is 37.1 Å². The number of likely N-dealkylation sites (tertiary alicyclic amines) is 1. The van der Waals surface area contributed by atoms with Crippen LogP contribution in [-0.4, -0.2) is 77.6 Å². The molecule has 3 heterocycles. The summed E-state index contributed by atoms with van der Waals surface area (Å²) in [6, 6.07) is 12.4. The lowest BCUT2D eigenvalue weighted by Crippen LogP contribution is -2.51. The van der Waals surface area contributed by atoms with Gasteiger partial charge < -0.3 is 14.9 Å². The van der Waals surface area contributed by atoms with Crippen molar-refractivity contribution in [2.75, 3.05) is 50.7 Å². The molecule has 168 valence electrons. The van der Waals surface area contributed by atoms with Crippen LogP contribution >= 0.6 is 0 Å². The first-order valence-electron chi connectivity index (χ1n) is 11.1. The predicted octanol–water partition coefficient (Wildman–Crippen LogP) is 2.67. The van der Waals surface area contributed by atoms with E-state index < -0.39 is 11.4 Å². The molecule has 2 saturated heterocycles. The van der Waals surface area contributed by atoms with Crippen molar-refractivity contribution in [2.24, 2.45) is 5.41 Å². The second kappa shape index (κ2) is 9.12. The summed E-state index contributed by atoms with van der Waals surface area (Å²) < 4.78 is 0. The van der Waals surface area contributed by atoms with Crippen LogP contribution in [0.4, 0.5) is 5.69 Å². The first-order valence-corrected chi connectivity index (χ1v) is 11.1. The van der Waals surface area contributed by atoms with Crippen LogP contribution < -0.4 is 4.90 Å². The molecule has 0 aliphatic carbocycles. The number of carboxylic acids is 1. The highest BCUT2D eigenvalue weighted by molar-refractivity contribution is 5.80. The van der Waals surface area contributed by atoms with Gasteiger partial charge >= 0.3 is 5.97 Å². The Morgan fingerprint density at radius 2 is 1.84 bits per heavy atom. The molecule has 2 fully saturated rings. The van der Waals surface area contributed by atoms with E-state index in [1.165, 1.54) is 6.08 Å². The lowest BCUT2D eigenvalue weighted by atomic mass is 9.88. The molecule has 1 aromatic heterocycles. The fraction of sp³-hybridized carbons (Fsp3) is 0.400. The van der Waals surface area contributed by atoms with Crippen LogP contribution in [0.25, 0.3) is 11.3 Å². The smallest absolute Gasteiger partial charge is 0.314 e. The highest BCUT2D eigenvalue weighted by atomic mass is 16.4. The van der Waals surface area contributed by atoms with Crippen LogP contribution in [0, 0.1) is 12.3 Å². The molecular weight excluding hydrogens is 404 g/mol. The standard InChI is InChI=1S/C25H30N4O3/c1-3-25(24(31)32)10-12-27(18-25)17-22(30)29-15-13-28(14-16-29)21-8-6-20(7-9-21)23-19(2)5-4-11-26-23/h3-9,11H,1,10,12-18H2,2H3,(H,31,32). The number of hydrogen-bond donors (Lipinski definition) is 1. The van der Waals surface area contributed by atoms with E-state index in [2.05, 4.69) is 53.7 Å². The summed E-state index contributed by atoms with van der Waals surface area (Å²) in [5, 5.41) is 9.49. The molecule has 4 rings (SSSR count). The average Bonchev–Trinajstić information content (AvgIpc) is 3.24. The molecule has 2 aliphatic rings. The van der Waals surface area contributed by atoms with Gasteiger partial charge in [-0.25, -0.2) is 0 Å². The third-order valence-corrected chi connectivity index (χ3v) is 6.70. The van der Waals surface area contributed by atoms with Crippen molar-refractivity contribution in [3.63, 3.8) is 0 Å². The highest BCUT2D eigenvalue weighted by Gasteiger charge is 2.42. The minimum atomic E-state index is -0.932. The Balaban J connectivity index is 1.30. The van der Waals surface area contributed by atoms with E-state index in [1.807, 2.05) is 22.1 Å². The molecule has 7 nitrogen and oxygen atoms in total. The topological polar surface area (TPSA) is 77.0 Å². The van der Waals surface area contributed by atoms with Gasteiger partial charge in [-0.15, -0.1) is 6.58 Å². The van der Waals surface area contributed by atoms with Gasteiger partial charge in [0.25, 0.3) is 0 Å². The monoisotopic (exact) mass is 434 g/mol. The van der Waals surface area contributed by atoms with E-state index in [9.17, 15) is 14.7 Å². The van der Waals surface area contributed by atoms with Crippen LogP contribution in [-0.2, 0) is 9.59 Å². The molecule has 0 radical (unpaired) electrons. The summed E-state index contributed by atoms with van der Waals surface area (Å²) in [6.07, 6.45) is 3.83. The Morgan fingerprint density at radius 3 is 2.44 bits per heavy atom. The van der Waals surface area contributed by atoms with E-state index in [0.717, 1.165) is 35.6 Å². The Kier molecular flexibility index (Phi) is 6.28. The number of piperazine rings is 1. The summed E-state index contributed by atoms with van der Waals surface area (Å²) in [6.45, 7) is 9.86. The van der Waals surface area contributed by atoms with Crippen molar-refractivity contribution >= 4 is 17.6 Å². The molecule has 7 heteroatoms. The fourth-order valence-corrected chi connectivity index (χ4v) is 4.60. The number of carbonyl (C=O) groups is 2. The number of carbonyl (C=O) groups excluding carboxylic acids is 1. The van der Waals surface area contributed by atoms with E-state index in [1.54, 1.807) is 0 Å². The van der Waals surface area contributed by atoms with Crippen molar-refractivity contribution in [3.05, 3.63) is 60.8 Å². The molecule has 1 unspecified atom stereocenters. The quantitative estimate of drug-likeness (QED) is 0.705. The molecular formula is C25H30N4O3. The van der Waals surface area contributed by atoms with Crippen LogP contribution in [0.1, 0.15) is 12.0 Å². The summed E-state index contributed by atoms with van der Waals surface area (Å²) in [7, 11) is 0. The Morgan fingerprint density at radius 1 is 1.12 bits per heavy atom. The lowest BCUT2D eigenvalue weighted by Gasteiger charge is -2.37. The average molecular weight is 435 g/mol. The summed E-state index contributed by atoms with van der Waals surface area (Å²) in [4.78, 5) is 35.0. The maximum absolute atomic E-state index is 12.8. The van der Waals surface area contributed by atoms with Gasteiger partial charge in [-0.1, -0.05) is 24.3 Å². The zero-order chi connectivity index (χ0) is 22.7. The fourth-order valence-electron chi connectivity index (χ4n) is 4.60. The largest absolute Gasteiger partial charge is 0.481 e. The van der Waals surface area contributed by atoms with Crippen molar-refractivity contribution in [2.45, 2.75) is 13.3 Å². The Bertz CT molecular complexity index is 999. The second-order valence-electron chi connectivity index (χ2n) is 8.71. The summed E-state index contributed by atoms with van der Waals surface area (Å²) >= 11 is 0. The van der Waals surface area contributed by atoms with E-state index in [4.69, 9.17) is 0 Å². The third kappa shape index (κ3) is 4.39. The number of aromatic nitrogens is 1. The van der Waals surface area contributed by atoms with Crippen LogP contribution in [0.15, 0.2) is 55.3 Å². The molecule has 0 saturated carbocycles. The van der Waals surface area contributed by atoms with Gasteiger partial charge in [0.15, 0.2) is 0 Å². The first-order chi connectivity index (χ1) is 15.4. The van der Waals surface area contributed by atoms with Crippen molar-refractivity contribution in [1.29, 1.82) is 0 Å². The third-order valence-electron chi connectivity index (χ3n) is 6.70. The highest BCUT2D eigenvalue weighted by Crippen LogP contribution is 2.32. The Hall–Kier alpha value is -3.19. The molecule has 1 atom stereocenters. The molecule has 32 heavy (non-hydrogen) atoms. The van der Waals surface area contributed by atoms with Gasteiger partial charge in [0, 0.05) is 56.7 Å². The maximum Gasteiger partial charge on any atom is 0.314 e. The SMILES string of the molecule is C=CC1(C(=O)O)CCN(CC(=O)N2CCN(c3ccc(-c4ncccc4C)cc3)CC2)C1. The molecule has 1 amide bonds. The normalized spacial score (nSPS) is 21.5. The van der Waals surface area contributed by atoms with Gasteiger partial charge in [-0.2, -0.15) is 0 Å². The number of aliphatic carboxylic acids is 1. The van der Waals surface area contributed by atoms with Gasteiger partial charge in [-0.3, -0.25) is 19.5 Å². The van der Waals surface area contributed by atoms with Crippen molar-refractivity contribution < 1.29 is 14.7 Å². The number of pyridine rings is 1. The van der Waals surface area contributed by atoms with Gasteiger partial charge in [0.1, 0.15) is 0 Å². The molecule has 0 bridgehead atoms. The summed E-state index contributed by atoms with van der Waals surface area (Å²) in [5.74, 6) is -0.795. The second-order valence-corrected chi connectivity index (χ2v) is 8.71. The van der Waals surface area contributed by atoms with E-state index in [-0.39, 0.29) is 12.5 Å². The first kappa shape index (κ1) is 22.0. The van der Waals surface area contributed by atoms with Crippen molar-refractivity contribution in [1.82, 2.24) is 14.8 Å². The number of hydrogen-bond acceptors (Lipinski definition) is 5. The molecule has 2 aromatic rings. The number of anilines is 1. The number of nitrogens with zero attached hydrogens (tertiary/aromatic N) is 4. The predicted molar refractivity (Wildman–Crippen MR) is 125 cm³/mol.